The van der Waals surface area contributed by atoms with Crippen molar-refractivity contribution in [1.82, 2.24) is 4.98 Å². The number of aromatic nitrogens is 1. The van der Waals surface area contributed by atoms with Crippen LogP contribution in [0.3, 0.4) is 0 Å². The summed E-state index contributed by atoms with van der Waals surface area (Å²) >= 11 is 0. The summed E-state index contributed by atoms with van der Waals surface area (Å²) in [7, 11) is 0. The third-order valence-corrected chi connectivity index (χ3v) is 5.07. The molecule has 7 heteroatoms. The number of H-pyrrole nitrogens is 1. The lowest BCUT2D eigenvalue weighted by atomic mass is 10.1. The lowest BCUT2D eigenvalue weighted by molar-refractivity contribution is -0.384. The van der Waals surface area contributed by atoms with Crippen molar-refractivity contribution < 1.29 is 9.72 Å². The minimum Gasteiger partial charge on any atom is -0.322 e. The molecule has 0 saturated heterocycles. The molecule has 1 N–H and O–H groups in total. The summed E-state index contributed by atoms with van der Waals surface area (Å²) in [4.78, 5) is 40.8. The Morgan fingerprint density at radius 3 is 2.35 bits per heavy atom. The fourth-order valence-corrected chi connectivity index (χ4v) is 3.37. The summed E-state index contributed by atoms with van der Waals surface area (Å²) in [6.45, 7) is 2.00. The van der Waals surface area contributed by atoms with Gasteiger partial charge in [0.15, 0.2) is 0 Å². The van der Waals surface area contributed by atoms with Crippen LogP contribution < -0.4 is 10.5 Å². The van der Waals surface area contributed by atoms with Gasteiger partial charge in [0.25, 0.3) is 17.2 Å². The number of anilines is 1. The molecule has 0 radical (unpaired) electrons. The van der Waals surface area contributed by atoms with Crippen LogP contribution in [0.2, 0.25) is 0 Å². The highest BCUT2D eigenvalue weighted by Crippen LogP contribution is 2.22. The summed E-state index contributed by atoms with van der Waals surface area (Å²) < 4.78 is 0. The van der Waals surface area contributed by atoms with Gasteiger partial charge in [0.1, 0.15) is 0 Å². The molecule has 1 amide bonds. The number of nitrogens with one attached hydrogen (secondary N) is 1. The number of nitro benzene ring substituents is 1. The van der Waals surface area contributed by atoms with E-state index in [1.807, 2.05) is 55.5 Å². The highest BCUT2D eigenvalue weighted by atomic mass is 16.6. The van der Waals surface area contributed by atoms with Gasteiger partial charge in [-0.15, -0.1) is 0 Å². The van der Waals surface area contributed by atoms with Gasteiger partial charge in [-0.1, -0.05) is 35.9 Å². The average molecular weight is 413 g/mol. The molecule has 4 rings (SSSR count). The van der Waals surface area contributed by atoms with Gasteiger partial charge < -0.3 is 9.88 Å². The number of rotatable bonds is 5. The first-order valence-electron chi connectivity index (χ1n) is 9.66. The molecule has 0 spiro atoms. The smallest absolute Gasteiger partial charge is 0.269 e. The van der Waals surface area contributed by atoms with Crippen LogP contribution in [-0.2, 0) is 6.54 Å². The van der Waals surface area contributed by atoms with Gasteiger partial charge in [-0.3, -0.25) is 19.7 Å². The minimum absolute atomic E-state index is 0.0546. The van der Waals surface area contributed by atoms with E-state index in [0.717, 1.165) is 16.5 Å². The fourth-order valence-electron chi connectivity index (χ4n) is 3.37. The standard InChI is InChI=1S/C24H19N3O4/c1-16-6-10-20(11-7-16)26(24(29)17-8-12-21(13-9-17)27(30)31)15-19-14-18-4-2-3-5-22(18)25-23(19)28/h2-14H,15H2,1H3,(H,25,28). The lowest BCUT2D eigenvalue weighted by Crippen LogP contribution is -2.32. The number of fused-ring (bicyclic) bond motifs is 1. The topological polar surface area (TPSA) is 96.3 Å². The van der Waals surface area contributed by atoms with E-state index in [2.05, 4.69) is 4.98 Å². The molecule has 3 aromatic carbocycles. The van der Waals surface area contributed by atoms with Gasteiger partial charge in [0.05, 0.1) is 11.5 Å². The van der Waals surface area contributed by atoms with Crippen LogP contribution in [0, 0.1) is 17.0 Å². The largest absolute Gasteiger partial charge is 0.322 e. The Morgan fingerprint density at radius 1 is 1.00 bits per heavy atom. The number of nitrogens with zero attached hydrogens (tertiary/aromatic N) is 2. The lowest BCUT2D eigenvalue weighted by Gasteiger charge is -2.23. The molecule has 0 aliphatic rings. The molecule has 0 aliphatic heterocycles. The Morgan fingerprint density at radius 2 is 1.68 bits per heavy atom. The van der Waals surface area contributed by atoms with E-state index in [-0.39, 0.29) is 23.7 Å². The summed E-state index contributed by atoms with van der Waals surface area (Å²) in [5.41, 5.74) is 2.76. The van der Waals surface area contributed by atoms with E-state index in [1.165, 1.54) is 29.2 Å². The van der Waals surface area contributed by atoms with E-state index in [0.29, 0.717) is 16.8 Å². The van der Waals surface area contributed by atoms with Crippen molar-refractivity contribution in [3.63, 3.8) is 0 Å². The normalized spacial score (nSPS) is 10.7. The number of hydrogen-bond acceptors (Lipinski definition) is 4. The van der Waals surface area contributed by atoms with Crippen molar-refractivity contribution in [3.05, 3.63) is 116 Å². The molecule has 7 nitrogen and oxygen atoms in total. The Bertz CT molecular complexity index is 1330. The molecule has 1 aromatic heterocycles. The van der Waals surface area contributed by atoms with Crippen LogP contribution in [0.1, 0.15) is 21.5 Å². The number of carbonyl (C=O) groups excluding carboxylic acids is 1. The van der Waals surface area contributed by atoms with E-state index in [9.17, 15) is 19.7 Å². The van der Waals surface area contributed by atoms with Crippen LogP contribution in [-0.4, -0.2) is 15.8 Å². The van der Waals surface area contributed by atoms with Gasteiger partial charge in [0.2, 0.25) is 0 Å². The van der Waals surface area contributed by atoms with Crippen molar-refractivity contribution in [2.24, 2.45) is 0 Å². The highest BCUT2D eigenvalue weighted by Gasteiger charge is 2.20. The summed E-state index contributed by atoms with van der Waals surface area (Å²) in [5, 5.41) is 11.8. The molecule has 154 valence electrons. The average Bonchev–Trinajstić information content (AvgIpc) is 2.78. The second kappa shape index (κ2) is 8.23. The van der Waals surface area contributed by atoms with Gasteiger partial charge >= 0.3 is 0 Å². The summed E-state index contributed by atoms with van der Waals surface area (Å²) in [6.07, 6.45) is 0. The quantitative estimate of drug-likeness (QED) is 0.382. The Kier molecular flexibility index (Phi) is 5.32. The molecule has 0 bridgehead atoms. The SMILES string of the molecule is Cc1ccc(N(Cc2cc3ccccc3[nH]c2=O)C(=O)c2ccc([N+](=O)[O-])cc2)cc1. The van der Waals surface area contributed by atoms with E-state index >= 15 is 0 Å². The van der Waals surface area contributed by atoms with Crippen LogP contribution in [0.4, 0.5) is 11.4 Å². The van der Waals surface area contributed by atoms with Crippen LogP contribution >= 0.6 is 0 Å². The monoisotopic (exact) mass is 413 g/mol. The van der Waals surface area contributed by atoms with Gasteiger partial charge in [-0.2, -0.15) is 0 Å². The van der Waals surface area contributed by atoms with E-state index in [1.54, 1.807) is 6.07 Å². The first-order valence-corrected chi connectivity index (χ1v) is 9.66. The molecule has 4 aromatic rings. The number of aromatic amines is 1. The minimum atomic E-state index is -0.513. The Hall–Kier alpha value is -4.26. The zero-order chi connectivity index (χ0) is 22.0. The molecule has 0 aliphatic carbocycles. The Balaban J connectivity index is 1.75. The molecular formula is C24H19N3O4. The van der Waals surface area contributed by atoms with Crippen molar-refractivity contribution in [2.75, 3.05) is 4.90 Å². The van der Waals surface area contributed by atoms with E-state index in [4.69, 9.17) is 0 Å². The predicted octanol–water partition coefficient (Wildman–Crippen LogP) is 4.59. The number of amides is 1. The highest BCUT2D eigenvalue weighted by molar-refractivity contribution is 6.06. The number of hydrogen-bond donors (Lipinski definition) is 1. The number of pyridine rings is 1. The molecule has 0 fully saturated rings. The van der Waals surface area contributed by atoms with Crippen molar-refractivity contribution in [1.29, 1.82) is 0 Å². The summed E-state index contributed by atoms with van der Waals surface area (Å²) in [5.74, 6) is -0.355. The number of carbonyl (C=O) groups is 1. The number of para-hydroxylation sites is 1. The van der Waals surface area contributed by atoms with Crippen molar-refractivity contribution >= 4 is 28.2 Å². The predicted molar refractivity (Wildman–Crippen MR) is 119 cm³/mol. The molecule has 0 unspecified atom stereocenters. The molecule has 1 heterocycles. The fraction of sp³-hybridized carbons (Fsp3) is 0.0833. The van der Waals surface area contributed by atoms with E-state index < -0.39 is 4.92 Å². The maximum absolute atomic E-state index is 13.3. The number of non-ortho nitro benzene ring substituents is 1. The number of benzene rings is 3. The van der Waals surface area contributed by atoms with Gasteiger partial charge in [-0.25, -0.2) is 0 Å². The number of aryl methyl sites for hydroxylation is 1. The first kappa shape index (κ1) is 20.0. The zero-order valence-electron chi connectivity index (χ0n) is 16.7. The van der Waals surface area contributed by atoms with Gasteiger partial charge in [0, 0.05) is 34.5 Å². The first-order chi connectivity index (χ1) is 14.9. The molecular weight excluding hydrogens is 394 g/mol. The molecule has 0 saturated carbocycles. The van der Waals surface area contributed by atoms with Crippen LogP contribution in [0.25, 0.3) is 10.9 Å². The van der Waals surface area contributed by atoms with Crippen LogP contribution in [0.15, 0.2) is 83.7 Å². The van der Waals surface area contributed by atoms with Crippen LogP contribution in [0.5, 0.6) is 0 Å². The third kappa shape index (κ3) is 4.20. The molecule has 31 heavy (non-hydrogen) atoms. The maximum atomic E-state index is 13.3. The van der Waals surface area contributed by atoms with Crippen molar-refractivity contribution in [3.8, 4) is 0 Å². The zero-order valence-corrected chi connectivity index (χ0v) is 16.7. The number of nitro groups is 1. The second-order valence-corrected chi connectivity index (χ2v) is 7.24. The van der Waals surface area contributed by atoms with Crippen molar-refractivity contribution in [2.45, 2.75) is 13.5 Å². The third-order valence-electron chi connectivity index (χ3n) is 5.07. The summed E-state index contributed by atoms with van der Waals surface area (Å²) in [6, 6.07) is 22.0. The maximum Gasteiger partial charge on any atom is 0.269 e. The second-order valence-electron chi connectivity index (χ2n) is 7.24. The Labute approximate surface area is 177 Å². The molecule has 0 atom stereocenters. The van der Waals surface area contributed by atoms with Gasteiger partial charge in [-0.05, 0) is 48.7 Å².